The zero-order chi connectivity index (χ0) is 15.3. The molecule has 0 radical (unpaired) electrons. The lowest BCUT2D eigenvalue weighted by molar-refractivity contribution is -0.138. The van der Waals surface area contributed by atoms with Crippen LogP contribution in [0.4, 0.5) is 4.79 Å². The van der Waals surface area contributed by atoms with E-state index < -0.39 is 23.0 Å². The fraction of sp³-hybridized carbons (Fsp3) is 0.750. The van der Waals surface area contributed by atoms with Gasteiger partial charge in [0.15, 0.2) is 0 Å². The second kappa shape index (κ2) is 6.40. The molecule has 0 aliphatic heterocycles. The highest BCUT2D eigenvalue weighted by atomic mass is 16.4. The Hall–Kier alpha value is -1.79. The maximum atomic E-state index is 11.7. The van der Waals surface area contributed by atoms with Gasteiger partial charge in [-0.15, -0.1) is 0 Å². The van der Waals surface area contributed by atoms with E-state index in [0.717, 1.165) is 0 Å². The minimum Gasteiger partial charge on any atom is -0.481 e. The van der Waals surface area contributed by atoms with Gasteiger partial charge in [-0.25, -0.2) is 4.79 Å². The number of amides is 3. The quantitative estimate of drug-likeness (QED) is 0.558. The Kier molecular flexibility index (Phi) is 5.80. The summed E-state index contributed by atoms with van der Waals surface area (Å²) in [5, 5.41) is 16.3. The molecule has 7 heteroatoms. The molecule has 0 spiro atoms. The third-order valence-corrected chi connectivity index (χ3v) is 2.58. The third-order valence-electron chi connectivity index (χ3n) is 2.58. The number of hydrogen-bond donors (Lipinski definition) is 4. The van der Waals surface area contributed by atoms with Gasteiger partial charge in [-0.2, -0.15) is 0 Å². The fourth-order valence-corrected chi connectivity index (χ4v) is 1.49. The molecule has 7 nitrogen and oxygen atoms in total. The van der Waals surface area contributed by atoms with Crippen LogP contribution in [-0.2, 0) is 9.59 Å². The van der Waals surface area contributed by atoms with E-state index in [0.29, 0.717) is 0 Å². The predicted molar refractivity (Wildman–Crippen MR) is 70.7 cm³/mol. The van der Waals surface area contributed by atoms with Gasteiger partial charge in [-0.05, 0) is 27.7 Å². The summed E-state index contributed by atoms with van der Waals surface area (Å²) in [5.74, 6) is -1.17. The van der Waals surface area contributed by atoms with Crippen molar-refractivity contribution < 1.29 is 19.5 Å². The Labute approximate surface area is 113 Å². The van der Waals surface area contributed by atoms with Crippen molar-refractivity contribution >= 4 is 17.9 Å². The lowest BCUT2D eigenvalue weighted by Gasteiger charge is -2.27. The van der Waals surface area contributed by atoms with Crippen LogP contribution in [0.25, 0.3) is 0 Å². The maximum Gasteiger partial charge on any atom is 0.315 e. The Bertz CT molecular complexity index is 364. The van der Waals surface area contributed by atoms with Crippen LogP contribution in [-0.4, -0.2) is 42.1 Å². The number of carboxylic acid groups (broad SMARTS) is 1. The number of urea groups is 1. The SMILES string of the molecule is CNC(=O)C(C)(C)CNC(=O)NC(C)(C)CC(=O)O. The number of rotatable bonds is 6. The fourth-order valence-electron chi connectivity index (χ4n) is 1.49. The summed E-state index contributed by atoms with van der Waals surface area (Å²) in [5.41, 5.74) is -1.59. The number of carbonyl (C=O) groups excluding carboxylic acids is 2. The largest absolute Gasteiger partial charge is 0.481 e. The monoisotopic (exact) mass is 273 g/mol. The molecule has 3 amide bonds. The lowest BCUT2D eigenvalue weighted by atomic mass is 9.92. The number of carbonyl (C=O) groups is 3. The molecule has 0 saturated carbocycles. The maximum absolute atomic E-state index is 11.7. The van der Waals surface area contributed by atoms with E-state index in [1.54, 1.807) is 27.7 Å². The molecule has 0 unspecified atom stereocenters. The van der Waals surface area contributed by atoms with Gasteiger partial charge >= 0.3 is 12.0 Å². The summed E-state index contributed by atoms with van der Waals surface area (Å²) >= 11 is 0. The smallest absolute Gasteiger partial charge is 0.315 e. The average Bonchev–Trinajstić information content (AvgIpc) is 2.22. The van der Waals surface area contributed by atoms with Gasteiger partial charge in [-0.1, -0.05) is 0 Å². The third kappa shape index (κ3) is 6.64. The first-order valence-corrected chi connectivity index (χ1v) is 6.00. The van der Waals surface area contributed by atoms with Gasteiger partial charge in [0.1, 0.15) is 0 Å². The first kappa shape index (κ1) is 17.2. The van der Waals surface area contributed by atoms with Crippen LogP contribution < -0.4 is 16.0 Å². The molecule has 0 heterocycles. The van der Waals surface area contributed by atoms with E-state index >= 15 is 0 Å². The van der Waals surface area contributed by atoms with Crippen LogP contribution in [0.3, 0.4) is 0 Å². The summed E-state index contributed by atoms with van der Waals surface area (Å²) in [6.07, 6.45) is -0.181. The van der Waals surface area contributed by atoms with E-state index in [1.165, 1.54) is 7.05 Å². The molecule has 4 N–H and O–H groups in total. The van der Waals surface area contributed by atoms with Crippen LogP contribution in [0.2, 0.25) is 0 Å². The van der Waals surface area contributed by atoms with E-state index in [4.69, 9.17) is 5.11 Å². The standard InChI is InChI=1S/C12H23N3O4/c1-11(2,9(18)13-5)7-14-10(19)15-12(3,4)6-8(16)17/h6-7H2,1-5H3,(H,13,18)(H,16,17)(H2,14,15,19). The minimum absolute atomic E-state index is 0.154. The van der Waals surface area contributed by atoms with E-state index in [-0.39, 0.29) is 18.9 Å². The lowest BCUT2D eigenvalue weighted by Crippen LogP contribution is -2.52. The van der Waals surface area contributed by atoms with Crippen LogP contribution in [0.1, 0.15) is 34.1 Å². The van der Waals surface area contributed by atoms with Crippen LogP contribution in [0, 0.1) is 5.41 Å². The highest BCUT2D eigenvalue weighted by Crippen LogP contribution is 2.13. The molecule has 0 rings (SSSR count). The highest BCUT2D eigenvalue weighted by molar-refractivity contribution is 5.83. The summed E-state index contributed by atoms with van der Waals surface area (Å²) in [6, 6.07) is -0.497. The van der Waals surface area contributed by atoms with Crippen LogP contribution >= 0.6 is 0 Å². The van der Waals surface area contributed by atoms with Crippen molar-refractivity contribution in [3.05, 3.63) is 0 Å². The second-order valence-electron chi connectivity index (χ2n) is 5.73. The van der Waals surface area contributed by atoms with Crippen molar-refractivity contribution in [3.63, 3.8) is 0 Å². The van der Waals surface area contributed by atoms with Gasteiger partial charge in [-0.3, -0.25) is 9.59 Å². The van der Waals surface area contributed by atoms with Gasteiger partial charge in [0.2, 0.25) is 5.91 Å². The van der Waals surface area contributed by atoms with E-state index in [2.05, 4.69) is 16.0 Å². The molecule has 0 aromatic carbocycles. The first-order valence-electron chi connectivity index (χ1n) is 6.00. The van der Waals surface area contributed by atoms with Crippen molar-refractivity contribution in [3.8, 4) is 0 Å². The second-order valence-corrected chi connectivity index (χ2v) is 5.73. The van der Waals surface area contributed by atoms with Crippen molar-refractivity contribution in [1.29, 1.82) is 0 Å². The van der Waals surface area contributed by atoms with Crippen molar-refractivity contribution in [2.45, 2.75) is 39.7 Å². The predicted octanol–water partition coefficient (Wildman–Crippen LogP) is 0.311. The minimum atomic E-state index is -0.990. The zero-order valence-electron chi connectivity index (χ0n) is 12.1. The molecule has 0 bridgehead atoms. The van der Waals surface area contributed by atoms with Gasteiger partial charge in [0, 0.05) is 19.1 Å². The van der Waals surface area contributed by atoms with Crippen molar-refractivity contribution in [2.75, 3.05) is 13.6 Å². The molecular weight excluding hydrogens is 250 g/mol. The molecule has 0 aliphatic rings. The van der Waals surface area contributed by atoms with Crippen LogP contribution in [0.15, 0.2) is 0 Å². The Morgan fingerprint density at radius 2 is 1.63 bits per heavy atom. The first-order chi connectivity index (χ1) is 8.50. The number of carboxylic acids is 1. The molecule has 19 heavy (non-hydrogen) atoms. The number of nitrogens with one attached hydrogen (secondary N) is 3. The molecule has 0 saturated heterocycles. The molecule has 0 aliphatic carbocycles. The van der Waals surface area contributed by atoms with E-state index in [1.807, 2.05) is 0 Å². The molecule has 0 aromatic rings. The van der Waals surface area contributed by atoms with Gasteiger partial charge in [0.05, 0.1) is 11.8 Å². The Morgan fingerprint density at radius 1 is 1.11 bits per heavy atom. The topological polar surface area (TPSA) is 108 Å². The van der Waals surface area contributed by atoms with Gasteiger partial charge in [0.25, 0.3) is 0 Å². The molecule has 0 fully saturated rings. The summed E-state index contributed by atoms with van der Waals surface area (Å²) in [4.78, 5) is 33.8. The Morgan fingerprint density at radius 3 is 2.05 bits per heavy atom. The molecule has 0 atom stereocenters. The number of aliphatic carboxylic acids is 1. The molecule has 0 aromatic heterocycles. The summed E-state index contributed by atoms with van der Waals surface area (Å²) in [6.45, 7) is 6.79. The summed E-state index contributed by atoms with van der Waals surface area (Å²) in [7, 11) is 1.53. The highest BCUT2D eigenvalue weighted by Gasteiger charge is 2.28. The van der Waals surface area contributed by atoms with Crippen molar-refractivity contribution in [1.82, 2.24) is 16.0 Å². The zero-order valence-corrected chi connectivity index (χ0v) is 12.1. The normalized spacial score (nSPS) is 11.6. The molecule has 110 valence electrons. The summed E-state index contributed by atoms with van der Waals surface area (Å²) < 4.78 is 0. The average molecular weight is 273 g/mol. The van der Waals surface area contributed by atoms with Crippen LogP contribution in [0.5, 0.6) is 0 Å². The Balaban J connectivity index is 4.34. The van der Waals surface area contributed by atoms with E-state index in [9.17, 15) is 14.4 Å². The van der Waals surface area contributed by atoms with Gasteiger partial charge < -0.3 is 21.1 Å². The number of hydrogen-bond acceptors (Lipinski definition) is 3. The van der Waals surface area contributed by atoms with Crippen molar-refractivity contribution in [2.24, 2.45) is 5.41 Å². The molecular formula is C12H23N3O4.